The normalized spacial score (nSPS) is 11.6. The van der Waals surface area contributed by atoms with Gasteiger partial charge in [-0.1, -0.05) is 69.5 Å². The van der Waals surface area contributed by atoms with Crippen molar-refractivity contribution >= 4 is 49.2 Å². The molecule has 3 nitrogen and oxygen atoms in total. The Hall–Kier alpha value is -0.590. The van der Waals surface area contributed by atoms with Gasteiger partial charge in [-0.3, -0.25) is 0 Å². The summed E-state index contributed by atoms with van der Waals surface area (Å²) in [6, 6.07) is 12.2. The molecule has 0 fully saturated rings. The molecule has 2 aromatic carbocycles. The van der Waals surface area contributed by atoms with Gasteiger partial charge in [-0.05, 0) is 17.7 Å². The van der Waals surface area contributed by atoms with Crippen LogP contribution in [0.1, 0.15) is 5.56 Å². The molecule has 7 heteroatoms. The monoisotopic (exact) mass is 393 g/mol. The number of sulfonamides is 1. The first kappa shape index (κ1) is 15.8. The Bertz CT molecular complexity index is 697. The Morgan fingerprint density at radius 3 is 2.15 bits per heavy atom. The van der Waals surface area contributed by atoms with E-state index in [-0.39, 0.29) is 21.5 Å². The fourth-order valence-electron chi connectivity index (χ4n) is 1.63. The maximum atomic E-state index is 12.3. The zero-order valence-electron chi connectivity index (χ0n) is 10.1. The van der Waals surface area contributed by atoms with Crippen molar-refractivity contribution in [1.29, 1.82) is 0 Å². The second-order valence-corrected chi connectivity index (χ2v) is 7.44. The van der Waals surface area contributed by atoms with Gasteiger partial charge in [0.1, 0.15) is 4.90 Å². The molecule has 0 heterocycles. The lowest BCUT2D eigenvalue weighted by Gasteiger charge is -2.10. The van der Waals surface area contributed by atoms with Gasteiger partial charge < -0.3 is 0 Å². The van der Waals surface area contributed by atoms with Gasteiger partial charge in [-0.25, -0.2) is 13.1 Å². The van der Waals surface area contributed by atoms with Gasteiger partial charge in [0.2, 0.25) is 10.0 Å². The Labute approximate surface area is 136 Å². The summed E-state index contributed by atoms with van der Waals surface area (Å²) in [6.45, 7) is 0.173. The highest BCUT2D eigenvalue weighted by Crippen LogP contribution is 2.32. The maximum Gasteiger partial charge on any atom is 0.243 e. The number of hydrogen-bond acceptors (Lipinski definition) is 2. The van der Waals surface area contributed by atoms with Gasteiger partial charge in [0, 0.05) is 11.0 Å². The summed E-state index contributed by atoms with van der Waals surface area (Å²) < 4.78 is 27.6. The fourth-order valence-corrected chi connectivity index (χ4v) is 4.58. The summed E-state index contributed by atoms with van der Waals surface area (Å²) in [5.74, 6) is 0. The molecule has 0 aliphatic carbocycles. The molecule has 1 N–H and O–H groups in total. The first-order valence-corrected chi connectivity index (χ1v) is 8.61. The molecule has 0 radical (unpaired) electrons. The van der Waals surface area contributed by atoms with E-state index in [0.29, 0.717) is 4.47 Å². The van der Waals surface area contributed by atoms with E-state index in [4.69, 9.17) is 23.2 Å². The predicted octanol–water partition coefficient (Wildman–Crippen LogP) is 4.23. The summed E-state index contributed by atoms with van der Waals surface area (Å²) in [5, 5.41) is 0.148. The second kappa shape index (κ2) is 6.45. The molecule has 2 rings (SSSR count). The lowest BCUT2D eigenvalue weighted by atomic mass is 10.2. The average Bonchev–Trinajstić information content (AvgIpc) is 2.36. The van der Waals surface area contributed by atoms with Crippen molar-refractivity contribution in [3.8, 4) is 0 Å². The standard InChI is InChI=1S/C13H10BrCl2NO2S/c14-10-6-11(15)13(12(16)7-10)20(18,19)17-8-9-4-2-1-3-5-9/h1-7,17H,8H2. The molecule has 106 valence electrons. The molecule has 0 aromatic heterocycles. The lowest BCUT2D eigenvalue weighted by molar-refractivity contribution is 0.581. The molecule has 0 bridgehead atoms. The van der Waals surface area contributed by atoms with Crippen LogP contribution in [0.5, 0.6) is 0 Å². The fraction of sp³-hybridized carbons (Fsp3) is 0.0769. The quantitative estimate of drug-likeness (QED) is 0.843. The van der Waals surface area contributed by atoms with E-state index in [1.807, 2.05) is 30.3 Å². The van der Waals surface area contributed by atoms with E-state index in [2.05, 4.69) is 20.7 Å². The zero-order valence-corrected chi connectivity index (χ0v) is 14.0. The van der Waals surface area contributed by atoms with Gasteiger partial charge in [0.15, 0.2) is 0 Å². The molecule has 0 spiro atoms. The maximum absolute atomic E-state index is 12.3. The van der Waals surface area contributed by atoms with Gasteiger partial charge in [0.05, 0.1) is 10.0 Å². The van der Waals surface area contributed by atoms with E-state index < -0.39 is 10.0 Å². The van der Waals surface area contributed by atoms with Crippen LogP contribution in [0, 0.1) is 0 Å². The summed E-state index contributed by atoms with van der Waals surface area (Å²) in [6.07, 6.45) is 0. The summed E-state index contributed by atoms with van der Waals surface area (Å²) in [7, 11) is -3.77. The number of halogens is 3. The third-order valence-corrected chi connectivity index (χ3v) is 5.32. The van der Waals surface area contributed by atoms with Crippen molar-refractivity contribution in [2.24, 2.45) is 0 Å². The highest BCUT2D eigenvalue weighted by molar-refractivity contribution is 9.10. The third kappa shape index (κ3) is 3.74. The van der Waals surface area contributed by atoms with Gasteiger partial charge in [-0.2, -0.15) is 0 Å². The Kier molecular flexibility index (Phi) is 5.09. The molecule has 20 heavy (non-hydrogen) atoms. The van der Waals surface area contributed by atoms with Gasteiger partial charge >= 0.3 is 0 Å². The molecule has 0 saturated carbocycles. The van der Waals surface area contributed by atoms with E-state index in [1.54, 1.807) is 0 Å². The molecule has 0 atom stereocenters. The molecular weight excluding hydrogens is 385 g/mol. The Morgan fingerprint density at radius 2 is 1.60 bits per heavy atom. The first-order valence-electron chi connectivity index (χ1n) is 5.58. The Balaban J connectivity index is 2.28. The van der Waals surface area contributed by atoms with E-state index >= 15 is 0 Å². The average molecular weight is 395 g/mol. The van der Waals surface area contributed by atoms with Crippen LogP contribution in [-0.4, -0.2) is 8.42 Å². The second-order valence-electron chi connectivity index (χ2n) is 4.01. The van der Waals surface area contributed by atoms with Crippen LogP contribution in [0.4, 0.5) is 0 Å². The van der Waals surface area contributed by atoms with Crippen LogP contribution >= 0.6 is 39.1 Å². The van der Waals surface area contributed by atoms with Crippen LogP contribution in [0.15, 0.2) is 51.8 Å². The molecule has 2 aromatic rings. The van der Waals surface area contributed by atoms with Crippen LogP contribution in [-0.2, 0) is 16.6 Å². The summed E-state index contributed by atoms with van der Waals surface area (Å²) in [5.41, 5.74) is 0.848. The van der Waals surface area contributed by atoms with Crippen LogP contribution in [0.3, 0.4) is 0 Å². The SMILES string of the molecule is O=S(=O)(NCc1ccccc1)c1c(Cl)cc(Br)cc1Cl. The van der Waals surface area contributed by atoms with Crippen molar-refractivity contribution in [2.45, 2.75) is 11.4 Å². The summed E-state index contributed by atoms with van der Waals surface area (Å²) >= 11 is 15.1. The third-order valence-electron chi connectivity index (χ3n) is 2.54. The van der Waals surface area contributed by atoms with Crippen molar-refractivity contribution in [3.05, 3.63) is 62.5 Å². The molecule has 0 unspecified atom stereocenters. The molecule has 0 aliphatic rings. The van der Waals surface area contributed by atoms with Crippen LogP contribution in [0.2, 0.25) is 10.0 Å². The number of hydrogen-bond donors (Lipinski definition) is 1. The van der Waals surface area contributed by atoms with E-state index in [1.165, 1.54) is 12.1 Å². The lowest BCUT2D eigenvalue weighted by Crippen LogP contribution is -2.23. The minimum absolute atomic E-state index is 0.0740. The number of rotatable bonds is 4. The first-order chi connectivity index (χ1) is 9.40. The smallest absolute Gasteiger partial charge is 0.207 e. The van der Waals surface area contributed by atoms with Crippen LogP contribution in [0.25, 0.3) is 0 Å². The molecule has 0 amide bonds. The van der Waals surface area contributed by atoms with Crippen molar-refractivity contribution in [1.82, 2.24) is 4.72 Å². The van der Waals surface area contributed by atoms with Crippen molar-refractivity contribution in [3.63, 3.8) is 0 Å². The number of benzene rings is 2. The largest absolute Gasteiger partial charge is 0.243 e. The van der Waals surface area contributed by atoms with Crippen molar-refractivity contribution in [2.75, 3.05) is 0 Å². The molecule has 0 aliphatic heterocycles. The minimum Gasteiger partial charge on any atom is -0.207 e. The minimum atomic E-state index is -3.77. The van der Waals surface area contributed by atoms with Gasteiger partial charge in [-0.15, -0.1) is 0 Å². The van der Waals surface area contributed by atoms with Crippen molar-refractivity contribution < 1.29 is 8.42 Å². The summed E-state index contributed by atoms with van der Waals surface area (Å²) in [4.78, 5) is -0.111. The molecular formula is C13H10BrCl2NO2S. The number of nitrogens with one attached hydrogen (secondary N) is 1. The van der Waals surface area contributed by atoms with Gasteiger partial charge in [0.25, 0.3) is 0 Å². The highest BCUT2D eigenvalue weighted by atomic mass is 79.9. The Morgan fingerprint density at radius 1 is 1.05 bits per heavy atom. The van der Waals surface area contributed by atoms with E-state index in [0.717, 1.165) is 5.56 Å². The van der Waals surface area contributed by atoms with Crippen LogP contribution < -0.4 is 4.72 Å². The van der Waals surface area contributed by atoms with E-state index in [9.17, 15) is 8.42 Å². The predicted molar refractivity (Wildman–Crippen MR) is 84.6 cm³/mol. The topological polar surface area (TPSA) is 46.2 Å². The zero-order chi connectivity index (χ0) is 14.8. The molecule has 0 saturated heterocycles. The highest BCUT2D eigenvalue weighted by Gasteiger charge is 2.22.